The van der Waals surface area contributed by atoms with Gasteiger partial charge in [0.2, 0.25) is 5.91 Å². The van der Waals surface area contributed by atoms with Crippen molar-refractivity contribution in [1.29, 1.82) is 0 Å². The van der Waals surface area contributed by atoms with Crippen LogP contribution in [0.5, 0.6) is 0 Å². The fourth-order valence-corrected chi connectivity index (χ4v) is 2.49. The van der Waals surface area contributed by atoms with Crippen molar-refractivity contribution in [1.82, 2.24) is 15.8 Å². The van der Waals surface area contributed by atoms with Gasteiger partial charge in [-0.3, -0.25) is 20.4 Å². The molecule has 98 valence electrons. The summed E-state index contributed by atoms with van der Waals surface area (Å²) in [6.45, 7) is 0. The molecule has 3 N–H and O–H groups in total. The van der Waals surface area contributed by atoms with Crippen LogP contribution >= 0.6 is 15.9 Å². The molecule has 18 heavy (non-hydrogen) atoms. The number of H-pyrrole nitrogens is 1. The van der Waals surface area contributed by atoms with E-state index < -0.39 is 0 Å². The van der Waals surface area contributed by atoms with Crippen molar-refractivity contribution in [3.8, 4) is 0 Å². The molecule has 1 saturated carbocycles. The first-order valence-electron chi connectivity index (χ1n) is 6.11. The molecule has 0 bridgehead atoms. The molecule has 0 aliphatic heterocycles. The smallest absolute Gasteiger partial charge is 0.286 e. The Morgan fingerprint density at radius 2 is 1.94 bits per heavy atom. The lowest BCUT2D eigenvalue weighted by Gasteiger charge is -2.20. The van der Waals surface area contributed by atoms with Crippen LogP contribution < -0.4 is 10.9 Å². The van der Waals surface area contributed by atoms with Gasteiger partial charge >= 0.3 is 0 Å². The molecule has 1 aromatic heterocycles. The summed E-state index contributed by atoms with van der Waals surface area (Å²) < 4.78 is 0.797. The lowest BCUT2D eigenvalue weighted by molar-refractivity contribution is -0.126. The Labute approximate surface area is 114 Å². The second-order valence-corrected chi connectivity index (χ2v) is 5.43. The number of aromatic amines is 1. The van der Waals surface area contributed by atoms with Gasteiger partial charge in [-0.2, -0.15) is 0 Å². The Morgan fingerprint density at radius 3 is 2.56 bits per heavy atom. The maximum Gasteiger partial charge on any atom is 0.286 e. The van der Waals surface area contributed by atoms with Gasteiger partial charge in [0.15, 0.2) is 0 Å². The molecular formula is C12H16BrN3O2. The molecule has 0 saturated heterocycles. The summed E-state index contributed by atoms with van der Waals surface area (Å²) in [7, 11) is 0. The zero-order chi connectivity index (χ0) is 13.0. The van der Waals surface area contributed by atoms with E-state index in [0.29, 0.717) is 5.69 Å². The number of halogens is 1. The van der Waals surface area contributed by atoms with Crippen molar-refractivity contribution in [2.45, 2.75) is 32.1 Å². The number of aromatic nitrogens is 1. The van der Waals surface area contributed by atoms with Crippen LogP contribution in [-0.2, 0) is 4.79 Å². The van der Waals surface area contributed by atoms with Gasteiger partial charge in [0.05, 0.1) is 0 Å². The van der Waals surface area contributed by atoms with Gasteiger partial charge < -0.3 is 4.98 Å². The van der Waals surface area contributed by atoms with E-state index in [2.05, 4.69) is 31.8 Å². The molecule has 0 spiro atoms. The number of nitrogens with one attached hydrogen (secondary N) is 3. The molecule has 6 heteroatoms. The summed E-state index contributed by atoms with van der Waals surface area (Å²) in [6, 6.07) is 1.65. The largest absolute Gasteiger partial charge is 0.356 e. The van der Waals surface area contributed by atoms with Crippen molar-refractivity contribution < 1.29 is 9.59 Å². The molecule has 2 amide bonds. The van der Waals surface area contributed by atoms with Gasteiger partial charge in [-0.05, 0) is 34.8 Å². The highest BCUT2D eigenvalue weighted by molar-refractivity contribution is 9.10. The number of rotatable bonds is 2. The van der Waals surface area contributed by atoms with Gasteiger partial charge in [0.1, 0.15) is 5.69 Å². The zero-order valence-corrected chi connectivity index (χ0v) is 11.5. The van der Waals surface area contributed by atoms with Crippen LogP contribution in [0.25, 0.3) is 0 Å². The van der Waals surface area contributed by atoms with Gasteiger partial charge in [-0.25, -0.2) is 0 Å². The highest BCUT2D eigenvalue weighted by Gasteiger charge is 2.21. The average Bonchev–Trinajstić information content (AvgIpc) is 2.83. The molecule has 1 fully saturated rings. The van der Waals surface area contributed by atoms with Crippen molar-refractivity contribution >= 4 is 27.7 Å². The van der Waals surface area contributed by atoms with E-state index in [1.807, 2.05) is 0 Å². The van der Waals surface area contributed by atoms with E-state index in [0.717, 1.165) is 30.2 Å². The SMILES string of the molecule is O=C(NNC(=O)C1CCCCC1)c1cc(Br)c[nH]1. The summed E-state index contributed by atoms with van der Waals surface area (Å²) in [5.41, 5.74) is 5.31. The van der Waals surface area contributed by atoms with Crippen molar-refractivity contribution in [2.24, 2.45) is 5.92 Å². The predicted octanol–water partition coefficient (Wildman–Crippen LogP) is 2.12. The highest BCUT2D eigenvalue weighted by Crippen LogP contribution is 2.23. The van der Waals surface area contributed by atoms with Crippen molar-refractivity contribution in [3.63, 3.8) is 0 Å². The molecule has 5 nitrogen and oxygen atoms in total. The van der Waals surface area contributed by atoms with E-state index in [9.17, 15) is 9.59 Å². The maximum absolute atomic E-state index is 11.8. The summed E-state index contributed by atoms with van der Waals surface area (Å²) in [5.74, 6) is -0.395. The number of hydrogen-bond acceptors (Lipinski definition) is 2. The fraction of sp³-hybridized carbons (Fsp3) is 0.500. The number of amides is 2. The molecule has 0 unspecified atom stereocenters. The van der Waals surface area contributed by atoms with Crippen LogP contribution in [-0.4, -0.2) is 16.8 Å². The molecule has 0 radical (unpaired) electrons. The Kier molecular flexibility index (Phi) is 4.41. The Balaban J connectivity index is 1.80. The predicted molar refractivity (Wildman–Crippen MR) is 70.7 cm³/mol. The molecule has 0 aromatic carbocycles. The maximum atomic E-state index is 11.8. The fourth-order valence-electron chi connectivity index (χ4n) is 2.15. The number of carbonyl (C=O) groups is 2. The molecule has 1 heterocycles. The minimum absolute atomic E-state index is 0.0365. The minimum Gasteiger partial charge on any atom is -0.356 e. The van der Waals surface area contributed by atoms with E-state index in [1.165, 1.54) is 6.42 Å². The van der Waals surface area contributed by atoms with Crippen molar-refractivity contribution in [3.05, 3.63) is 22.4 Å². The molecule has 1 aliphatic carbocycles. The molecule has 2 rings (SSSR count). The first-order valence-corrected chi connectivity index (χ1v) is 6.90. The minimum atomic E-state index is -0.343. The van der Waals surface area contributed by atoms with Crippen LogP contribution in [0, 0.1) is 5.92 Å². The first-order chi connectivity index (χ1) is 8.66. The number of carbonyl (C=O) groups excluding carboxylic acids is 2. The quantitative estimate of drug-likeness (QED) is 0.732. The summed E-state index contributed by atoms with van der Waals surface area (Å²) in [5, 5.41) is 0. The average molecular weight is 314 g/mol. The second-order valence-electron chi connectivity index (χ2n) is 4.51. The lowest BCUT2D eigenvalue weighted by atomic mass is 9.89. The monoisotopic (exact) mass is 313 g/mol. The van der Waals surface area contributed by atoms with Gasteiger partial charge in [0, 0.05) is 16.6 Å². The summed E-state index contributed by atoms with van der Waals surface area (Å²) >= 11 is 3.24. The van der Waals surface area contributed by atoms with Gasteiger partial charge in [-0.15, -0.1) is 0 Å². The number of hydrogen-bond donors (Lipinski definition) is 3. The number of hydrazine groups is 1. The summed E-state index contributed by atoms with van der Waals surface area (Å²) in [4.78, 5) is 26.3. The van der Waals surface area contributed by atoms with Crippen molar-refractivity contribution in [2.75, 3.05) is 0 Å². The summed E-state index contributed by atoms with van der Waals surface area (Å²) in [6.07, 6.45) is 6.88. The Hall–Kier alpha value is -1.30. The second kappa shape index (κ2) is 6.04. The topological polar surface area (TPSA) is 74.0 Å². The van der Waals surface area contributed by atoms with E-state index in [4.69, 9.17) is 0 Å². The third-order valence-corrected chi connectivity index (χ3v) is 3.63. The van der Waals surface area contributed by atoms with Crippen LogP contribution in [0.15, 0.2) is 16.7 Å². The van der Waals surface area contributed by atoms with Gasteiger partial charge in [0.25, 0.3) is 5.91 Å². The molecule has 0 atom stereocenters. The van der Waals surface area contributed by atoms with E-state index in [1.54, 1.807) is 12.3 Å². The third-order valence-electron chi connectivity index (χ3n) is 3.17. The van der Waals surface area contributed by atoms with Crippen LogP contribution in [0.3, 0.4) is 0 Å². The standard InChI is InChI=1S/C12H16BrN3O2/c13-9-6-10(14-7-9)12(18)16-15-11(17)8-4-2-1-3-5-8/h6-8,14H,1-5H2,(H,15,17)(H,16,18). The highest BCUT2D eigenvalue weighted by atomic mass is 79.9. The molecule has 1 aromatic rings. The third kappa shape index (κ3) is 3.35. The van der Waals surface area contributed by atoms with Crippen LogP contribution in [0.2, 0.25) is 0 Å². The van der Waals surface area contributed by atoms with E-state index in [-0.39, 0.29) is 17.7 Å². The molecular weight excluding hydrogens is 298 g/mol. The first kappa shape index (κ1) is 13.1. The van der Waals surface area contributed by atoms with Crippen LogP contribution in [0.4, 0.5) is 0 Å². The van der Waals surface area contributed by atoms with E-state index >= 15 is 0 Å². The Bertz CT molecular complexity index is 438. The van der Waals surface area contributed by atoms with Crippen LogP contribution in [0.1, 0.15) is 42.6 Å². The van der Waals surface area contributed by atoms with Gasteiger partial charge in [-0.1, -0.05) is 19.3 Å². The Morgan fingerprint density at radius 1 is 1.22 bits per heavy atom. The zero-order valence-electron chi connectivity index (χ0n) is 9.96. The lowest BCUT2D eigenvalue weighted by Crippen LogP contribution is -2.45. The molecule has 1 aliphatic rings. The normalized spacial score (nSPS) is 16.3.